The first-order valence-electron chi connectivity index (χ1n) is 4.88. The Morgan fingerprint density at radius 2 is 2.07 bits per heavy atom. The van der Waals surface area contributed by atoms with Gasteiger partial charge in [0.25, 0.3) is 0 Å². The summed E-state index contributed by atoms with van der Waals surface area (Å²) in [4.78, 5) is 0. The highest BCUT2D eigenvalue weighted by Crippen LogP contribution is 2.46. The van der Waals surface area contributed by atoms with Crippen molar-refractivity contribution < 1.29 is 19.3 Å². The second kappa shape index (κ2) is 2.86. The molecule has 0 aromatic heterocycles. The second-order valence-electron chi connectivity index (χ2n) is 4.43. The fraction of sp³-hybridized carbons (Fsp3) is 1.00. The third kappa shape index (κ3) is 1.23. The molecule has 80 valence electrons. The molecule has 3 aliphatic rings. The highest BCUT2D eigenvalue weighted by Gasteiger charge is 2.58. The zero-order chi connectivity index (χ0) is 9.92. The minimum absolute atomic E-state index is 0.0165. The molecule has 3 fully saturated rings. The van der Waals surface area contributed by atoms with Crippen molar-refractivity contribution in [3.63, 3.8) is 0 Å². The van der Waals surface area contributed by atoms with Gasteiger partial charge >= 0.3 is 0 Å². The number of fused-ring (bicyclic) bond motifs is 3. The SMILES string of the molecule is CC1(C)O[C@H]2O[C@H]3[C@H](SC[C@H]3O)[C@H]2O1. The number of hydrogen-bond donors (Lipinski definition) is 1. The van der Waals surface area contributed by atoms with Gasteiger partial charge in [-0.1, -0.05) is 0 Å². The van der Waals surface area contributed by atoms with E-state index in [0.29, 0.717) is 0 Å². The Bertz CT molecular complexity index is 257. The van der Waals surface area contributed by atoms with Gasteiger partial charge in [-0.15, -0.1) is 0 Å². The van der Waals surface area contributed by atoms with E-state index in [0.717, 1.165) is 5.75 Å². The Balaban J connectivity index is 1.80. The molecule has 0 aromatic carbocycles. The molecule has 0 amide bonds. The quantitative estimate of drug-likeness (QED) is 0.635. The Hall–Kier alpha value is 0.190. The summed E-state index contributed by atoms with van der Waals surface area (Å²) in [5.74, 6) is 0.191. The second-order valence-corrected chi connectivity index (χ2v) is 5.65. The molecule has 14 heavy (non-hydrogen) atoms. The fourth-order valence-electron chi connectivity index (χ4n) is 2.31. The van der Waals surface area contributed by atoms with Crippen LogP contribution in [0.5, 0.6) is 0 Å². The molecule has 3 saturated heterocycles. The van der Waals surface area contributed by atoms with Crippen molar-refractivity contribution in [3.8, 4) is 0 Å². The molecule has 5 atom stereocenters. The van der Waals surface area contributed by atoms with Gasteiger partial charge in [-0.05, 0) is 13.8 Å². The lowest BCUT2D eigenvalue weighted by molar-refractivity contribution is -0.210. The molecule has 4 nitrogen and oxygen atoms in total. The molecule has 1 N–H and O–H groups in total. The van der Waals surface area contributed by atoms with E-state index in [1.165, 1.54) is 0 Å². The standard InChI is InChI=1S/C9H14O4S/c1-9(2)12-6-7-5(4(10)3-14-7)11-8(6)13-9/h4-8,10H,3H2,1-2H3/t4-,5-,6-,7+,8-/m1/s1. The summed E-state index contributed by atoms with van der Waals surface area (Å²) in [6.45, 7) is 3.78. The average molecular weight is 218 g/mol. The van der Waals surface area contributed by atoms with Gasteiger partial charge in [-0.2, -0.15) is 11.8 Å². The van der Waals surface area contributed by atoms with E-state index in [9.17, 15) is 5.11 Å². The summed E-state index contributed by atoms with van der Waals surface area (Å²) in [5, 5.41) is 9.86. The topological polar surface area (TPSA) is 47.9 Å². The number of ether oxygens (including phenoxy) is 3. The van der Waals surface area contributed by atoms with Gasteiger partial charge in [-0.25, -0.2) is 0 Å². The maximum absolute atomic E-state index is 9.63. The van der Waals surface area contributed by atoms with Crippen LogP contribution in [0.25, 0.3) is 0 Å². The van der Waals surface area contributed by atoms with E-state index in [1.54, 1.807) is 11.8 Å². The summed E-state index contributed by atoms with van der Waals surface area (Å²) in [5.41, 5.74) is 0. The predicted octanol–water partition coefficient (Wildman–Crippen LogP) is 0.339. The van der Waals surface area contributed by atoms with Gasteiger partial charge in [0.1, 0.15) is 12.2 Å². The molecule has 0 spiro atoms. The van der Waals surface area contributed by atoms with E-state index in [4.69, 9.17) is 14.2 Å². The highest BCUT2D eigenvalue weighted by atomic mass is 32.2. The molecule has 0 aliphatic carbocycles. The van der Waals surface area contributed by atoms with Crippen LogP contribution in [0, 0.1) is 0 Å². The van der Waals surface area contributed by atoms with E-state index in [1.807, 2.05) is 13.8 Å². The first kappa shape index (κ1) is 9.42. The third-order valence-corrected chi connectivity index (χ3v) is 4.32. The van der Waals surface area contributed by atoms with Crippen LogP contribution in [0.1, 0.15) is 13.8 Å². The smallest absolute Gasteiger partial charge is 0.188 e. The Kier molecular flexibility index (Phi) is 1.92. The Morgan fingerprint density at radius 1 is 1.29 bits per heavy atom. The number of thioether (sulfide) groups is 1. The maximum atomic E-state index is 9.63. The van der Waals surface area contributed by atoms with Crippen LogP contribution >= 0.6 is 11.8 Å². The lowest BCUT2D eigenvalue weighted by atomic mass is 10.1. The number of hydrogen-bond acceptors (Lipinski definition) is 5. The van der Waals surface area contributed by atoms with E-state index in [-0.39, 0.29) is 29.9 Å². The predicted molar refractivity (Wildman–Crippen MR) is 51.0 cm³/mol. The monoisotopic (exact) mass is 218 g/mol. The highest BCUT2D eigenvalue weighted by molar-refractivity contribution is 8.00. The zero-order valence-electron chi connectivity index (χ0n) is 8.17. The van der Waals surface area contributed by atoms with Gasteiger partial charge in [0.05, 0.1) is 11.4 Å². The minimum atomic E-state index is -0.547. The van der Waals surface area contributed by atoms with Crippen LogP contribution in [-0.2, 0) is 14.2 Å². The molecular formula is C9H14O4S. The normalized spacial score (nSPS) is 54.6. The van der Waals surface area contributed by atoms with Crippen LogP contribution < -0.4 is 0 Å². The largest absolute Gasteiger partial charge is 0.390 e. The summed E-state index contributed by atoms with van der Waals surface area (Å²) >= 11 is 1.72. The van der Waals surface area contributed by atoms with E-state index in [2.05, 4.69) is 0 Å². The van der Waals surface area contributed by atoms with Crippen LogP contribution in [0.15, 0.2) is 0 Å². The van der Waals surface area contributed by atoms with E-state index >= 15 is 0 Å². The van der Waals surface area contributed by atoms with Crippen LogP contribution in [0.4, 0.5) is 0 Å². The summed E-state index contributed by atoms with van der Waals surface area (Å²) in [6, 6.07) is 0. The number of rotatable bonds is 0. The maximum Gasteiger partial charge on any atom is 0.188 e. The third-order valence-electron chi connectivity index (χ3n) is 2.87. The molecule has 3 rings (SSSR count). The average Bonchev–Trinajstić information content (AvgIpc) is 2.63. The van der Waals surface area contributed by atoms with Crippen molar-refractivity contribution in [2.75, 3.05) is 5.75 Å². The van der Waals surface area contributed by atoms with Crippen molar-refractivity contribution in [2.45, 2.75) is 49.5 Å². The van der Waals surface area contributed by atoms with Crippen molar-refractivity contribution >= 4 is 11.8 Å². The molecule has 0 aromatic rings. The molecule has 0 radical (unpaired) electrons. The number of aliphatic hydroxyl groups is 1. The Labute approximate surface area is 86.9 Å². The fourth-order valence-corrected chi connectivity index (χ4v) is 3.73. The molecule has 3 aliphatic heterocycles. The van der Waals surface area contributed by atoms with Crippen molar-refractivity contribution in [3.05, 3.63) is 0 Å². The Morgan fingerprint density at radius 3 is 2.86 bits per heavy atom. The van der Waals surface area contributed by atoms with Crippen LogP contribution in [0.3, 0.4) is 0 Å². The van der Waals surface area contributed by atoms with Crippen molar-refractivity contribution in [1.29, 1.82) is 0 Å². The lowest BCUT2D eigenvalue weighted by Crippen LogP contribution is -2.33. The first-order chi connectivity index (χ1) is 6.57. The molecular weight excluding hydrogens is 204 g/mol. The zero-order valence-corrected chi connectivity index (χ0v) is 8.99. The van der Waals surface area contributed by atoms with Gasteiger partial charge in [0.15, 0.2) is 12.1 Å². The van der Waals surface area contributed by atoms with Gasteiger partial charge in [0.2, 0.25) is 0 Å². The van der Waals surface area contributed by atoms with Crippen LogP contribution in [-0.4, -0.2) is 46.5 Å². The molecule has 5 heteroatoms. The van der Waals surface area contributed by atoms with Gasteiger partial charge in [-0.3, -0.25) is 0 Å². The summed E-state index contributed by atoms with van der Waals surface area (Å²) < 4.78 is 17.0. The minimum Gasteiger partial charge on any atom is -0.390 e. The first-order valence-corrected chi connectivity index (χ1v) is 5.92. The molecule has 0 unspecified atom stereocenters. The summed E-state index contributed by atoms with van der Waals surface area (Å²) in [6.07, 6.45) is -0.781. The molecule has 3 heterocycles. The van der Waals surface area contributed by atoms with Gasteiger partial charge in [0, 0.05) is 5.75 Å². The van der Waals surface area contributed by atoms with Crippen molar-refractivity contribution in [2.24, 2.45) is 0 Å². The van der Waals surface area contributed by atoms with E-state index < -0.39 is 5.79 Å². The molecule has 0 saturated carbocycles. The summed E-state index contributed by atoms with van der Waals surface area (Å²) in [7, 11) is 0. The van der Waals surface area contributed by atoms with Gasteiger partial charge < -0.3 is 19.3 Å². The van der Waals surface area contributed by atoms with Crippen LogP contribution in [0.2, 0.25) is 0 Å². The molecule has 0 bridgehead atoms. The lowest BCUT2D eigenvalue weighted by Gasteiger charge is -2.21. The number of aliphatic hydroxyl groups excluding tert-OH is 1. The van der Waals surface area contributed by atoms with Crippen molar-refractivity contribution in [1.82, 2.24) is 0 Å².